The van der Waals surface area contributed by atoms with E-state index in [2.05, 4.69) is 54.8 Å². The van der Waals surface area contributed by atoms with E-state index in [1.165, 1.54) is 33.9 Å². The molecule has 1 unspecified atom stereocenters. The van der Waals surface area contributed by atoms with E-state index < -0.39 is 0 Å². The van der Waals surface area contributed by atoms with E-state index in [4.69, 9.17) is 0 Å². The minimum Gasteiger partial charge on any atom is -0.344 e. The Morgan fingerprint density at radius 2 is 2.04 bits per heavy atom. The highest BCUT2D eigenvalue weighted by Crippen LogP contribution is 2.29. The minimum absolute atomic E-state index is 0.121. The third kappa shape index (κ3) is 3.55. The van der Waals surface area contributed by atoms with Crippen LogP contribution in [0.1, 0.15) is 25.5 Å². The predicted molar refractivity (Wildman–Crippen MR) is 106 cm³/mol. The SMILES string of the molecule is CC(=O)Nc1nnc(N2CCN(C(C)c3ccc4cnsc4c3)CC2)s1. The molecule has 2 aromatic heterocycles. The molecule has 1 amide bonds. The molecule has 9 heteroatoms. The summed E-state index contributed by atoms with van der Waals surface area (Å²) in [5.41, 5.74) is 1.33. The van der Waals surface area contributed by atoms with Crippen LogP contribution < -0.4 is 10.2 Å². The van der Waals surface area contributed by atoms with Gasteiger partial charge in [-0.2, -0.15) is 4.37 Å². The first-order valence-corrected chi connectivity index (χ1v) is 10.1. The Labute approximate surface area is 159 Å². The lowest BCUT2D eigenvalue weighted by atomic mass is 10.1. The Balaban J connectivity index is 1.39. The van der Waals surface area contributed by atoms with Gasteiger partial charge in [0.05, 0.1) is 4.70 Å². The summed E-state index contributed by atoms with van der Waals surface area (Å²) in [6.07, 6.45) is 1.92. The van der Waals surface area contributed by atoms with Crippen molar-refractivity contribution in [2.75, 3.05) is 36.4 Å². The minimum atomic E-state index is -0.121. The monoisotopic (exact) mass is 388 g/mol. The van der Waals surface area contributed by atoms with Crippen molar-refractivity contribution in [1.29, 1.82) is 0 Å². The quantitative estimate of drug-likeness (QED) is 0.741. The fourth-order valence-electron chi connectivity index (χ4n) is 3.19. The Hall–Kier alpha value is -2.10. The summed E-state index contributed by atoms with van der Waals surface area (Å²) in [6.45, 7) is 7.49. The highest BCUT2D eigenvalue weighted by molar-refractivity contribution is 7.19. The van der Waals surface area contributed by atoms with Crippen molar-refractivity contribution in [1.82, 2.24) is 19.5 Å². The number of rotatable bonds is 4. The summed E-state index contributed by atoms with van der Waals surface area (Å²) in [6, 6.07) is 6.99. The number of carbonyl (C=O) groups is 1. The fourth-order valence-corrected chi connectivity index (χ4v) is 4.73. The molecule has 0 aliphatic carbocycles. The highest BCUT2D eigenvalue weighted by Gasteiger charge is 2.24. The number of nitrogens with zero attached hydrogens (tertiary/aromatic N) is 5. The fraction of sp³-hybridized carbons (Fsp3) is 0.412. The lowest BCUT2D eigenvalue weighted by Crippen LogP contribution is -2.47. The van der Waals surface area contributed by atoms with E-state index >= 15 is 0 Å². The first kappa shape index (κ1) is 17.3. The number of aromatic nitrogens is 3. The van der Waals surface area contributed by atoms with Crippen LogP contribution in [0, 0.1) is 0 Å². The molecule has 136 valence electrons. The van der Waals surface area contributed by atoms with Gasteiger partial charge in [-0.1, -0.05) is 23.5 Å². The molecular weight excluding hydrogens is 368 g/mol. The average molecular weight is 389 g/mol. The van der Waals surface area contributed by atoms with Crippen molar-refractivity contribution >= 4 is 49.1 Å². The number of fused-ring (bicyclic) bond motifs is 1. The van der Waals surface area contributed by atoms with E-state index in [1.54, 1.807) is 11.5 Å². The van der Waals surface area contributed by atoms with Crippen molar-refractivity contribution < 1.29 is 4.79 Å². The summed E-state index contributed by atoms with van der Waals surface area (Å²) in [5.74, 6) is -0.121. The van der Waals surface area contributed by atoms with Crippen LogP contribution in [0.4, 0.5) is 10.3 Å². The predicted octanol–water partition coefficient (Wildman–Crippen LogP) is 2.99. The first-order valence-electron chi connectivity index (χ1n) is 8.54. The summed E-state index contributed by atoms with van der Waals surface area (Å²) in [4.78, 5) is 15.8. The van der Waals surface area contributed by atoms with E-state index in [0.717, 1.165) is 31.3 Å². The van der Waals surface area contributed by atoms with Gasteiger partial charge < -0.3 is 10.2 Å². The molecule has 26 heavy (non-hydrogen) atoms. The molecule has 1 aromatic carbocycles. The van der Waals surface area contributed by atoms with Gasteiger partial charge in [0.2, 0.25) is 16.2 Å². The van der Waals surface area contributed by atoms with Gasteiger partial charge in [0, 0.05) is 50.7 Å². The Morgan fingerprint density at radius 3 is 2.81 bits per heavy atom. The van der Waals surface area contributed by atoms with Crippen molar-refractivity contribution in [3.8, 4) is 0 Å². The second-order valence-electron chi connectivity index (χ2n) is 6.39. The molecule has 1 aliphatic rings. The molecule has 0 spiro atoms. The summed E-state index contributed by atoms with van der Waals surface area (Å²) >= 11 is 2.97. The van der Waals surface area contributed by atoms with E-state index in [1.807, 2.05) is 6.20 Å². The molecule has 3 aromatic rings. The summed E-state index contributed by atoms with van der Waals surface area (Å²) < 4.78 is 5.50. The molecule has 0 radical (unpaired) electrons. The number of nitrogens with one attached hydrogen (secondary N) is 1. The van der Waals surface area contributed by atoms with Crippen LogP contribution in [0.5, 0.6) is 0 Å². The van der Waals surface area contributed by atoms with Crippen molar-refractivity contribution in [2.24, 2.45) is 0 Å². The zero-order valence-corrected chi connectivity index (χ0v) is 16.3. The lowest BCUT2D eigenvalue weighted by molar-refractivity contribution is -0.114. The zero-order valence-electron chi connectivity index (χ0n) is 14.7. The number of benzene rings is 1. The largest absolute Gasteiger partial charge is 0.344 e. The van der Waals surface area contributed by atoms with Gasteiger partial charge in [-0.3, -0.25) is 9.69 Å². The number of hydrogen-bond acceptors (Lipinski definition) is 8. The van der Waals surface area contributed by atoms with Gasteiger partial charge in [0.25, 0.3) is 0 Å². The molecular formula is C17H20N6OS2. The third-order valence-corrected chi connectivity index (χ3v) is 6.35. The topological polar surface area (TPSA) is 74.2 Å². The summed E-state index contributed by atoms with van der Waals surface area (Å²) in [5, 5.41) is 13.6. The maximum absolute atomic E-state index is 11.1. The maximum Gasteiger partial charge on any atom is 0.223 e. The van der Waals surface area contributed by atoms with Crippen LogP contribution in [0.3, 0.4) is 0 Å². The van der Waals surface area contributed by atoms with Gasteiger partial charge in [-0.05, 0) is 30.1 Å². The Morgan fingerprint density at radius 1 is 1.23 bits per heavy atom. The normalized spacial score (nSPS) is 16.8. The van der Waals surface area contributed by atoms with Gasteiger partial charge in [0.1, 0.15) is 0 Å². The van der Waals surface area contributed by atoms with E-state index in [-0.39, 0.29) is 5.91 Å². The third-order valence-electron chi connectivity index (χ3n) is 4.69. The van der Waals surface area contributed by atoms with Crippen molar-refractivity contribution in [3.05, 3.63) is 30.0 Å². The van der Waals surface area contributed by atoms with E-state index in [0.29, 0.717) is 11.2 Å². The highest BCUT2D eigenvalue weighted by atomic mass is 32.1. The first-order chi connectivity index (χ1) is 12.6. The lowest BCUT2D eigenvalue weighted by Gasteiger charge is -2.38. The Bertz CT molecular complexity index is 915. The molecule has 7 nitrogen and oxygen atoms in total. The number of hydrogen-bond donors (Lipinski definition) is 1. The zero-order chi connectivity index (χ0) is 18.1. The van der Waals surface area contributed by atoms with Gasteiger partial charge >= 0.3 is 0 Å². The molecule has 1 atom stereocenters. The molecule has 4 rings (SSSR count). The molecule has 3 heterocycles. The number of amides is 1. The average Bonchev–Trinajstić information content (AvgIpc) is 3.29. The van der Waals surface area contributed by atoms with E-state index in [9.17, 15) is 4.79 Å². The maximum atomic E-state index is 11.1. The van der Waals surface area contributed by atoms with Crippen LogP contribution in [-0.2, 0) is 4.79 Å². The van der Waals surface area contributed by atoms with Crippen LogP contribution in [0.15, 0.2) is 24.4 Å². The molecule has 1 saturated heterocycles. The number of anilines is 2. The molecule has 0 bridgehead atoms. The second-order valence-corrected chi connectivity index (χ2v) is 8.18. The molecule has 1 fully saturated rings. The van der Waals surface area contributed by atoms with Crippen LogP contribution in [0.25, 0.3) is 10.1 Å². The van der Waals surface area contributed by atoms with Crippen LogP contribution in [0.2, 0.25) is 0 Å². The molecule has 1 N–H and O–H groups in total. The van der Waals surface area contributed by atoms with Gasteiger partial charge in [-0.25, -0.2) is 0 Å². The number of piperazine rings is 1. The Kier molecular flexibility index (Phi) is 4.84. The standard InChI is InChI=1S/C17H20N6OS2/c1-11(13-3-4-14-10-18-26-15(14)9-13)22-5-7-23(8-6-22)17-21-20-16(25-17)19-12(2)24/h3-4,9-11H,5-8H2,1-2H3,(H,19,20,24). The second kappa shape index (κ2) is 7.26. The summed E-state index contributed by atoms with van der Waals surface area (Å²) in [7, 11) is 0. The molecule has 0 saturated carbocycles. The van der Waals surface area contributed by atoms with Gasteiger partial charge in [-0.15, -0.1) is 10.2 Å². The van der Waals surface area contributed by atoms with Crippen LogP contribution in [-0.4, -0.2) is 51.6 Å². The van der Waals surface area contributed by atoms with Crippen molar-refractivity contribution in [2.45, 2.75) is 19.9 Å². The number of carbonyl (C=O) groups excluding carboxylic acids is 1. The van der Waals surface area contributed by atoms with Gasteiger partial charge in [0.15, 0.2) is 0 Å². The smallest absolute Gasteiger partial charge is 0.223 e. The van der Waals surface area contributed by atoms with Crippen LogP contribution >= 0.6 is 22.9 Å². The molecule has 1 aliphatic heterocycles. The van der Waals surface area contributed by atoms with Crippen molar-refractivity contribution in [3.63, 3.8) is 0 Å².